The van der Waals surface area contributed by atoms with E-state index in [4.69, 9.17) is 14.2 Å². The molecule has 0 aliphatic rings. The van der Waals surface area contributed by atoms with Crippen LogP contribution in [0.5, 0.6) is 5.75 Å². The number of aliphatic hydroxyl groups is 1. The van der Waals surface area contributed by atoms with E-state index in [1.807, 2.05) is 0 Å². The van der Waals surface area contributed by atoms with Gasteiger partial charge in [0.2, 0.25) is 0 Å². The Morgan fingerprint density at radius 1 is 0.958 bits per heavy atom. The zero-order valence-corrected chi connectivity index (χ0v) is 14.9. The van der Waals surface area contributed by atoms with Crippen LogP contribution in [0.3, 0.4) is 0 Å². The van der Waals surface area contributed by atoms with Crippen LogP contribution in [0.1, 0.15) is 33.3 Å². The summed E-state index contributed by atoms with van der Waals surface area (Å²) in [5, 5.41) is 10.9. The smallest absolute Gasteiger partial charge is 0.308 e. The topological polar surface area (TPSA) is 82.1 Å². The van der Waals surface area contributed by atoms with Gasteiger partial charge in [-0.2, -0.15) is 0 Å². The second-order valence-electron chi connectivity index (χ2n) is 6.28. The van der Waals surface area contributed by atoms with Crippen LogP contribution in [0.4, 0.5) is 0 Å². The maximum absolute atomic E-state index is 11.7. The lowest BCUT2D eigenvalue weighted by molar-refractivity contribution is -0.168. The molecule has 0 saturated heterocycles. The Balaban J connectivity index is 2.95. The maximum Gasteiger partial charge on any atom is 0.308 e. The van der Waals surface area contributed by atoms with Crippen LogP contribution in [0.15, 0.2) is 24.3 Å². The first kappa shape index (κ1) is 20.0. The minimum Gasteiger partial charge on any atom is -0.497 e. The largest absolute Gasteiger partial charge is 0.497 e. The lowest BCUT2D eigenvalue weighted by Gasteiger charge is -2.28. The van der Waals surface area contributed by atoms with Crippen LogP contribution in [0.25, 0.3) is 0 Å². The molecule has 1 N–H and O–H groups in total. The van der Waals surface area contributed by atoms with Gasteiger partial charge in [0.15, 0.2) is 5.60 Å². The SMILES string of the molecule is COc1ccc(C(O)(COC(=O)C(C)C)COC(=O)C(C)C)cc1. The Labute approximate surface area is 142 Å². The number of benzene rings is 1. The molecule has 0 atom stereocenters. The van der Waals surface area contributed by atoms with Crippen LogP contribution in [-0.2, 0) is 24.7 Å². The van der Waals surface area contributed by atoms with Gasteiger partial charge in [-0.25, -0.2) is 0 Å². The van der Waals surface area contributed by atoms with Crippen molar-refractivity contribution in [1.82, 2.24) is 0 Å². The minimum atomic E-state index is -1.62. The molecule has 6 heteroatoms. The van der Waals surface area contributed by atoms with E-state index < -0.39 is 17.5 Å². The predicted molar refractivity (Wildman–Crippen MR) is 88.5 cm³/mol. The summed E-state index contributed by atoms with van der Waals surface area (Å²) < 4.78 is 15.4. The van der Waals surface area contributed by atoms with Crippen molar-refractivity contribution in [3.8, 4) is 5.75 Å². The Kier molecular flexibility index (Phi) is 7.22. The molecule has 0 fully saturated rings. The van der Waals surface area contributed by atoms with Crippen molar-refractivity contribution in [2.45, 2.75) is 33.3 Å². The van der Waals surface area contributed by atoms with Gasteiger partial charge in [-0.3, -0.25) is 9.59 Å². The number of rotatable bonds is 8. The second-order valence-corrected chi connectivity index (χ2v) is 6.28. The zero-order valence-electron chi connectivity index (χ0n) is 14.9. The molecule has 0 radical (unpaired) electrons. The summed E-state index contributed by atoms with van der Waals surface area (Å²) >= 11 is 0. The molecule has 1 aromatic rings. The van der Waals surface area contributed by atoms with Crippen molar-refractivity contribution in [3.05, 3.63) is 29.8 Å². The van der Waals surface area contributed by atoms with Gasteiger partial charge in [-0.15, -0.1) is 0 Å². The number of hydrogen-bond donors (Lipinski definition) is 1. The normalized spacial score (nSPS) is 11.5. The van der Waals surface area contributed by atoms with Gasteiger partial charge >= 0.3 is 11.9 Å². The number of carbonyl (C=O) groups excluding carboxylic acids is 2. The molecule has 24 heavy (non-hydrogen) atoms. The van der Waals surface area contributed by atoms with Gasteiger partial charge in [0.1, 0.15) is 19.0 Å². The molecule has 0 heterocycles. The number of methoxy groups -OCH3 is 1. The zero-order chi connectivity index (χ0) is 18.3. The summed E-state index contributed by atoms with van der Waals surface area (Å²) in [6.07, 6.45) is 0. The third-order valence-corrected chi connectivity index (χ3v) is 3.48. The molecule has 0 aliphatic carbocycles. The van der Waals surface area contributed by atoms with Crippen molar-refractivity contribution in [3.63, 3.8) is 0 Å². The fraction of sp³-hybridized carbons (Fsp3) is 0.556. The van der Waals surface area contributed by atoms with Crippen LogP contribution < -0.4 is 4.74 Å². The highest BCUT2D eigenvalue weighted by molar-refractivity contribution is 5.72. The highest BCUT2D eigenvalue weighted by atomic mass is 16.6. The van der Waals surface area contributed by atoms with Gasteiger partial charge in [0, 0.05) is 0 Å². The summed E-state index contributed by atoms with van der Waals surface area (Å²) in [7, 11) is 1.54. The van der Waals surface area contributed by atoms with Crippen molar-refractivity contribution < 1.29 is 28.9 Å². The summed E-state index contributed by atoms with van der Waals surface area (Å²) in [6.45, 7) is 6.20. The van der Waals surface area contributed by atoms with E-state index in [0.29, 0.717) is 11.3 Å². The van der Waals surface area contributed by atoms with Gasteiger partial charge < -0.3 is 19.3 Å². The third kappa shape index (κ3) is 5.53. The number of ether oxygens (including phenoxy) is 3. The molecule has 0 aliphatic heterocycles. The molecule has 0 aromatic heterocycles. The molecule has 0 spiro atoms. The van der Waals surface area contributed by atoms with Crippen molar-refractivity contribution >= 4 is 11.9 Å². The van der Waals surface area contributed by atoms with Crippen molar-refractivity contribution in [1.29, 1.82) is 0 Å². The third-order valence-electron chi connectivity index (χ3n) is 3.48. The van der Waals surface area contributed by atoms with E-state index in [9.17, 15) is 14.7 Å². The Bertz CT molecular complexity index is 523. The molecule has 0 unspecified atom stereocenters. The second kappa shape index (κ2) is 8.68. The Morgan fingerprint density at radius 3 is 1.71 bits per heavy atom. The lowest BCUT2D eigenvalue weighted by Crippen LogP contribution is -2.39. The van der Waals surface area contributed by atoms with E-state index in [0.717, 1.165) is 0 Å². The van der Waals surface area contributed by atoms with Crippen LogP contribution >= 0.6 is 0 Å². The first-order valence-corrected chi connectivity index (χ1v) is 7.90. The standard InChI is InChI=1S/C18H26O6/c1-12(2)16(19)23-10-18(21,11-24-17(20)13(3)4)14-6-8-15(22-5)9-7-14/h6-9,12-13,21H,10-11H2,1-5H3. The van der Waals surface area contributed by atoms with Crippen molar-refractivity contribution in [2.24, 2.45) is 11.8 Å². The monoisotopic (exact) mass is 338 g/mol. The van der Waals surface area contributed by atoms with Crippen LogP contribution in [0, 0.1) is 11.8 Å². The average molecular weight is 338 g/mol. The molecule has 6 nitrogen and oxygen atoms in total. The summed E-state index contributed by atoms with van der Waals surface area (Å²) in [5.74, 6) is -0.875. The molecule has 134 valence electrons. The first-order valence-electron chi connectivity index (χ1n) is 7.90. The fourth-order valence-electron chi connectivity index (χ4n) is 1.82. The highest BCUT2D eigenvalue weighted by Crippen LogP contribution is 2.25. The van der Waals surface area contributed by atoms with Crippen LogP contribution in [0.2, 0.25) is 0 Å². The molecule has 1 aromatic carbocycles. The van der Waals surface area contributed by atoms with Gasteiger partial charge in [-0.1, -0.05) is 39.8 Å². The van der Waals surface area contributed by atoms with E-state index in [-0.39, 0.29) is 25.0 Å². The fourth-order valence-corrected chi connectivity index (χ4v) is 1.82. The van der Waals surface area contributed by atoms with Crippen LogP contribution in [-0.4, -0.2) is 37.4 Å². The predicted octanol–water partition coefficient (Wildman–Crippen LogP) is 2.28. The average Bonchev–Trinajstić information content (AvgIpc) is 2.57. The lowest BCUT2D eigenvalue weighted by atomic mass is 9.95. The Morgan fingerprint density at radius 2 is 1.38 bits per heavy atom. The maximum atomic E-state index is 11.7. The van der Waals surface area contributed by atoms with Gasteiger partial charge in [0.25, 0.3) is 0 Å². The molecule has 0 amide bonds. The number of esters is 2. The molecular weight excluding hydrogens is 312 g/mol. The van der Waals surface area contributed by atoms with E-state index in [2.05, 4.69) is 0 Å². The highest BCUT2D eigenvalue weighted by Gasteiger charge is 2.34. The van der Waals surface area contributed by atoms with Crippen molar-refractivity contribution in [2.75, 3.05) is 20.3 Å². The van der Waals surface area contributed by atoms with Gasteiger partial charge in [0.05, 0.1) is 18.9 Å². The molecule has 0 saturated carbocycles. The molecule has 0 bridgehead atoms. The van der Waals surface area contributed by atoms with E-state index in [1.54, 1.807) is 52.0 Å². The summed E-state index contributed by atoms with van der Waals surface area (Å²) in [6, 6.07) is 6.64. The Hall–Kier alpha value is -2.08. The quantitative estimate of drug-likeness (QED) is 0.732. The summed E-state index contributed by atoms with van der Waals surface area (Å²) in [4.78, 5) is 23.4. The number of hydrogen-bond acceptors (Lipinski definition) is 6. The minimum absolute atomic E-state index is 0.304. The van der Waals surface area contributed by atoms with Gasteiger partial charge in [-0.05, 0) is 17.7 Å². The van der Waals surface area contributed by atoms with E-state index >= 15 is 0 Å². The number of carbonyl (C=O) groups is 2. The molecule has 1 rings (SSSR count). The van der Waals surface area contributed by atoms with E-state index in [1.165, 1.54) is 7.11 Å². The summed E-state index contributed by atoms with van der Waals surface area (Å²) in [5.41, 5.74) is -1.15. The first-order chi connectivity index (χ1) is 11.2. The molecular formula is C18H26O6.